The van der Waals surface area contributed by atoms with Gasteiger partial charge in [-0.05, 0) is 31.5 Å². The van der Waals surface area contributed by atoms with Crippen LogP contribution in [-0.2, 0) is 11.2 Å². The number of carboxylic acid groups (broad SMARTS) is 1. The fourth-order valence-electron chi connectivity index (χ4n) is 2.25. The Balaban J connectivity index is 2.45. The van der Waals surface area contributed by atoms with Crippen molar-refractivity contribution in [3.63, 3.8) is 0 Å². The molecule has 2 aromatic rings. The minimum atomic E-state index is -1.08. The van der Waals surface area contributed by atoms with Crippen molar-refractivity contribution in [1.29, 1.82) is 0 Å². The topological polar surface area (TPSA) is 88.3 Å². The van der Waals surface area contributed by atoms with Gasteiger partial charge < -0.3 is 10.0 Å². The van der Waals surface area contributed by atoms with Crippen LogP contribution in [0, 0.1) is 0 Å². The molecule has 128 valence electrons. The Morgan fingerprint density at radius 3 is 2.71 bits per heavy atom. The molecule has 0 aliphatic carbocycles. The summed E-state index contributed by atoms with van der Waals surface area (Å²) in [6.45, 7) is 3.42. The van der Waals surface area contributed by atoms with E-state index in [0.29, 0.717) is 22.8 Å². The van der Waals surface area contributed by atoms with Crippen molar-refractivity contribution in [3.8, 4) is 5.69 Å². The quantitative estimate of drug-likeness (QED) is 0.864. The molecule has 0 bridgehead atoms. The highest BCUT2D eigenvalue weighted by atomic mass is 35.5. The van der Waals surface area contributed by atoms with E-state index in [2.05, 4.69) is 10.3 Å². The molecule has 1 N–H and O–H groups in total. The van der Waals surface area contributed by atoms with Gasteiger partial charge in [-0.25, -0.2) is 9.48 Å². The summed E-state index contributed by atoms with van der Waals surface area (Å²) in [5, 5.41) is 17.7. The number of likely N-dealkylation sites (N-methyl/N-ethyl adjacent to an activating group) is 1. The molecule has 0 aliphatic heterocycles. The van der Waals surface area contributed by atoms with E-state index in [1.165, 1.54) is 14.0 Å². The number of carbonyl (C=O) groups excluding carboxylic acids is 1. The van der Waals surface area contributed by atoms with E-state index in [-0.39, 0.29) is 5.69 Å². The summed E-state index contributed by atoms with van der Waals surface area (Å²) in [7, 11) is 1.44. The van der Waals surface area contributed by atoms with Crippen LogP contribution in [0.3, 0.4) is 0 Å². The third kappa shape index (κ3) is 3.56. The zero-order chi connectivity index (χ0) is 17.9. The van der Waals surface area contributed by atoms with Gasteiger partial charge in [-0.3, -0.25) is 4.79 Å². The predicted octanol–water partition coefficient (Wildman–Crippen LogP) is 2.42. The van der Waals surface area contributed by atoms with Crippen molar-refractivity contribution in [2.24, 2.45) is 0 Å². The highest BCUT2D eigenvalue weighted by Gasteiger charge is 2.28. The van der Waals surface area contributed by atoms with Crippen molar-refractivity contribution in [3.05, 3.63) is 40.7 Å². The van der Waals surface area contributed by atoms with Crippen molar-refractivity contribution < 1.29 is 14.7 Å². The van der Waals surface area contributed by atoms with Crippen LogP contribution in [0.5, 0.6) is 0 Å². The number of halogens is 1. The van der Waals surface area contributed by atoms with E-state index < -0.39 is 17.9 Å². The van der Waals surface area contributed by atoms with Gasteiger partial charge in [-0.1, -0.05) is 36.2 Å². The number of carbonyl (C=O) groups is 2. The summed E-state index contributed by atoms with van der Waals surface area (Å²) in [5.41, 5.74) is 1.49. The zero-order valence-electron chi connectivity index (χ0n) is 13.7. The number of benzene rings is 1. The first-order valence-corrected chi connectivity index (χ1v) is 7.95. The number of carboxylic acids is 1. The third-order valence-electron chi connectivity index (χ3n) is 3.76. The Bertz CT molecular complexity index is 760. The molecule has 2 rings (SSSR count). The molecule has 24 heavy (non-hydrogen) atoms. The lowest BCUT2D eigenvalue weighted by Crippen LogP contribution is -2.40. The zero-order valence-corrected chi connectivity index (χ0v) is 14.5. The minimum absolute atomic E-state index is 0.160. The SMILES string of the molecule is CCCc1c(C(=O)N(C)C(C)C(=O)O)nnn1-c1cccc(Cl)c1. The monoisotopic (exact) mass is 350 g/mol. The van der Waals surface area contributed by atoms with Crippen molar-refractivity contribution in [2.75, 3.05) is 7.05 Å². The van der Waals surface area contributed by atoms with Crippen LogP contribution in [0.1, 0.15) is 36.5 Å². The van der Waals surface area contributed by atoms with E-state index in [1.54, 1.807) is 22.9 Å². The highest BCUT2D eigenvalue weighted by Crippen LogP contribution is 2.19. The van der Waals surface area contributed by atoms with Crippen LogP contribution in [0.2, 0.25) is 5.02 Å². The average molecular weight is 351 g/mol. The Morgan fingerprint density at radius 1 is 1.42 bits per heavy atom. The van der Waals surface area contributed by atoms with Crippen molar-refractivity contribution in [1.82, 2.24) is 19.9 Å². The standard InChI is InChI=1S/C16H19ClN4O3/c1-4-6-13-14(15(22)20(3)10(2)16(23)24)18-19-21(13)12-8-5-7-11(17)9-12/h5,7-10H,4,6H2,1-3H3,(H,23,24). The Kier molecular flexibility index (Phi) is 5.56. The number of hydrogen-bond donors (Lipinski definition) is 1. The Morgan fingerprint density at radius 2 is 2.12 bits per heavy atom. The molecule has 0 spiro atoms. The summed E-state index contributed by atoms with van der Waals surface area (Å²) < 4.78 is 1.57. The van der Waals surface area contributed by atoms with E-state index in [0.717, 1.165) is 11.3 Å². The van der Waals surface area contributed by atoms with Crippen molar-refractivity contribution >= 4 is 23.5 Å². The maximum absolute atomic E-state index is 12.6. The largest absolute Gasteiger partial charge is 0.480 e. The second-order valence-corrected chi connectivity index (χ2v) is 5.89. The summed E-state index contributed by atoms with van der Waals surface area (Å²) >= 11 is 6.02. The van der Waals surface area contributed by atoms with E-state index in [4.69, 9.17) is 16.7 Å². The smallest absolute Gasteiger partial charge is 0.326 e. The number of rotatable bonds is 6. The molecule has 1 unspecified atom stereocenters. The van der Waals surface area contributed by atoms with Crippen LogP contribution in [-0.4, -0.2) is 50.0 Å². The molecule has 7 nitrogen and oxygen atoms in total. The average Bonchev–Trinajstić information content (AvgIpc) is 2.96. The van der Waals surface area contributed by atoms with Gasteiger partial charge in [0.05, 0.1) is 11.4 Å². The number of nitrogens with zero attached hydrogens (tertiary/aromatic N) is 4. The van der Waals surface area contributed by atoms with Gasteiger partial charge >= 0.3 is 5.97 Å². The maximum Gasteiger partial charge on any atom is 0.326 e. The first-order chi connectivity index (χ1) is 11.4. The summed E-state index contributed by atoms with van der Waals surface area (Å²) in [6.07, 6.45) is 1.36. The lowest BCUT2D eigenvalue weighted by molar-refractivity contribution is -0.141. The van der Waals surface area contributed by atoms with Gasteiger partial charge in [0.2, 0.25) is 0 Å². The first kappa shape index (κ1) is 17.9. The van der Waals surface area contributed by atoms with Crippen LogP contribution in [0.4, 0.5) is 0 Å². The molecule has 8 heteroatoms. The number of aromatic nitrogens is 3. The van der Waals surface area contributed by atoms with E-state index >= 15 is 0 Å². The fraction of sp³-hybridized carbons (Fsp3) is 0.375. The molecular weight excluding hydrogens is 332 g/mol. The molecule has 1 aromatic carbocycles. The Hall–Kier alpha value is -2.41. The van der Waals surface area contributed by atoms with Crippen molar-refractivity contribution in [2.45, 2.75) is 32.7 Å². The second-order valence-electron chi connectivity index (χ2n) is 5.46. The number of hydrogen-bond acceptors (Lipinski definition) is 4. The van der Waals surface area contributed by atoms with Gasteiger partial charge in [0.25, 0.3) is 5.91 Å². The lowest BCUT2D eigenvalue weighted by Gasteiger charge is -2.20. The molecule has 0 saturated carbocycles. The normalized spacial score (nSPS) is 12.0. The number of aliphatic carboxylic acids is 1. The molecule has 1 heterocycles. The molecule has 1 amide bonds. The lowest BCUT2D eigenvalue weighted by atomic mass is 10.1. The molecule has 0 aliphatic rings. The Labute approximate surface area is 144 Å². The highest BCUT2D eigenvalue weighted by molar-refractivity contribution is 6.30. The summed E-state index contributed by atoms with van der Waals surface area (Å²) in [6, 6.07) is 6.12. The second kappa shape index (κ2) is 7.44. The number of amides is 1. The van der Waals surface area contributed by atoms with Gasteiger partial charge in [0.15, 0.2) is 5.69 Å². The maximum atomic E-state index is 12.6. The van der Waals surface area contributed by atoms with Gasteiger partial charge in [-0.2, -0.15) is 0 Å². The minimum Gasteiger partial charge on any atom is -0.480 e. The third-order valence-corrected chi connectivity index (χ3v) is 4.00. The van der Waals surface area contributed by atoms with Crippen LogP contribution < -0.4 is 0 Å². The first-order valence-electron chi connectivity index (χ1n) is 7.57. The van der Waals surface area contributed by atoms with Crippen LogP contribution in [0.15, 0.2) is 24.3 Å². The van der Waals surface area contributed by atoms with Gasteiger partial charge in [0, 0.05) is 12.1 Å². The summed E-state index contributed by atoms with van der Waals surface area (Å²) in [5.74, 6) is -1.55. The van der Waals surface area contributed by atoms with E-state index in [9.17, 15) is 9.59 Å². The molecule has 0 radical (unpaired) electrons. The fourth-order valence-corrected chi connectivity index (χ4v) is 2.44. The van der Waals surface area contributed by atoms with Crippen LogP contribution >= 0.6 is 11.6 Å². The molecule has 0 saturated heterocycles. The molecule has 1 aromatic heterocycles. The van der Waals surface area contributed by atoms with Gasteiger partial charge in [0.1, 0.15) is 6.04 Å². The molecule has 1 atom stereocenters. The predicted molar refractivity (Wildman–Crippen MR) is 89.6 cm³/mol. The van der Waals surface area contributed by atoms with E-state index in [1.807, 2.05) is 13.0 Å². The van der Waals surface area contributed by atoms with Crippen LogP contribution in [0.25, 0.3) is 5.69 Å². The molecular formula is C16H19ClN4O3. The molecule has 0 fully saturated rings. The summed E-state index contributed by atoms with van der Waals surface area (Å²) in [4.78, 5) is 24.9. The van der Waals surface area contributed by atoms with Gasteiger partial charge in [-0.15, -0.1) is 5.10 Å².